The van der Waals surface area contributed by atoms with Gasteiger partial charge >= 0.3 is 0 Å². The van der Waals surface area contributed by atoms with Gasteiger partial charge in [-0.05, 0) is 51.9 Å². The molecular formula is C14H22. The van der Waals surface area contributed by atoms with E-state index in [1.807, 2.05) is 6.92 Å². The van der Waals surface area contributed by atoms with Gasteiger partial charge in [-0.3, -0.25) is 0 Å². The fourth-order valence-corrected chi connectivity index (χ4v) is 1.87. The minimum absolute atomic E-state index is 1.12. The molecule has 0 N–H and O–H groups in total. The van der Waals surface area contributed by atoms with Gasteiger partial charge in [-0.15, -0.1) is 0 Å². The Morgan fingerprint density at radius 3 is 2.71 bits per heavy atom. The molecule has 0 spiro atoms. The Balaban J connectivity index is 2.17. The summed E-state index contributed by atoms with van der Waals surface area (Å²) in [6, 6.07) is 0. The van der Waals surface area contributed by atoms with E-state index in [1.165, 1.54) is 44.1 Å². The smallest absolute Gasteiger partial charge is 0.0279 e. The summed E-state index contributed by atoms with van der Waals surface area (Å²) in [6.07, 6.45) is 11.5. The van der Waals surface area contributed by atoms with Crippen LogP contribution in [0.15, 0.2) is 36.0 Å². The first kappa shape index (κ1) is 11.3. The zero-order valence-electron chi connectivity index (χ0n) is 9.44. The van der Waals surface area contributed by atoms with Crippen molar-refractivity contribution in [1.82, 2.24) is 0 Å². The van der Waals surface area contributed by atoms with Gasteiger partial charge in [0, 0.05) is 0 Å². The van der Waals surface area contributed by atoms with Gasteiger partial charge in [0.1, 0.15) is 0 Å². The third-order valence-corrected chi connectivity index (χ3v) is 2.97. The van der Waals surface area contributed by atoms with Crippen molar-refractivity contribution in [2.45, 2.75) is 51.9 Å². The van der Waals surface area contributed by atoms with Gasteiger partial charge in [-0.1, -0.05) is 36.0 Å². The highest BCUT2D eigenvalue weighted by molar-refractivity contribution is 5.22. The number of rotatable bonds is 5. The molecule has 0 radical (unpaired) electrons. The van der Waals surface area contributed by atoms with Crippen molar-refractivity contribution in [2.24, 2.45) is 0 Å². The van der Waals surface area contributed by atoms with Crippen molar-refractivity contribution < 1.29 is 0 Å². The molecule has 0 atom stereocenters. The molecule has 0 saturated carbocycles. The molecule has 1 aliphatic rings. The van der Waals surface area contributed by atoms with Gasteiger partial charge < -0.3 is 0 Å². The van der Waals surface area contributed by atoms with Crippen LogP contribution in [0.5, 0.6) is 0 Å². The molecule has 0 fully saturated rings. The maximum Gasteiger partial charge on any atom is -0.0279 e. The van der Waals surface area contributed by atoms with E-state index in [2.05, 4.69) is 19.2 Å². The van der Waals surface area contributed by atoms with E-state index in [4.69, 9.17) is 0 Å². The zero-order chi connectivity index (χ0) is 10.4. The fourth-order valence-electron chi connectivity index (χ4n) is 1.87. The van der Waals surface area contributed by atoms with E-state index in [0.717, 1.165) is 12.0 Å². The highest BCUT2D eigenvalue weighted by Crippen LogP contribution is 2.23. The van der Waals surface area contributed by atoms with Gasteiger partial charge in [-0.2, -0.15) is 0 Å². The van der Waals surface area contributed by atoms with Crippen LogP contribution in [0.25, 0.3) is 0 Å². The van der Waals surface area contributed by atoms with Crippen LogP contribution in [-0.2, 0) is 0 Å². The van der Waals surface area contributed by atoms with Gasteiger partial charge in [-0.25, -0.2) is 0 Å². The van der Waals surface area contributed by atoms with Crippen molar-refractivity contribution in [2.75, 3.05) is 0 Å². The predicted molar refractivity (Wildman–Crippen MR) is 64.4 cm³/mol. The van der Waals surface area contributed by atoms with Crippen molar-refractivity contribution in [3.05, 3.63) is 36.0 Å². The molecule has 0 amide bonds. The standard InChI is InChI=1S/C14H22/c1-12(2)13(3)8-7-11-14-9-5-4-6-10-14/h9H,1,3-8,10-11H2,2H3. The summed E-state index contributed by atoms with van der Waals surface area (Å²) in [5, 5.41) is 0. The number of hydrogen-bond acceptors (Lipinski definition) is 0. The maximum atomic E-state index is 4.02. The quantitative estimate of drug-likeness (QED) is 0.432. The molecule has 0 unspecified atom stereocenters. The highest BCUT2D eigenvalue weighted by atomic mass is 14.1. The first-order valence-corrected chi connectivity index (χ1v) is 5.71. The first-order chi connectivity index (χ1) is 6.70. The molecule has 0 bridgehead atoms. The van der Waals surface area contributed by atoms with Crippen molar-refractivity contribution in [3.8, 4) is 0 Å². The Bertz CT molecular complexity index is 243. The summed E-state index contributed by atoms with van der Waals surface area (Å²) < 4.78 is 0. The van der Waals surface area contributed by atoms with Crippen LogP contribution >= 0.6 is 0 Å². The molecule has 78 valence electrons. The van der Waals surface area contributed by atoms with Crippen LogP contribution in [0.2, 0.25) is 0 Å². The summed E-state index contributed by atoms with van der Waals surface area (Å²) in [5.41, 5.74) is 4.04. The molecule has 0 heterocycles. The van der Waals surface area contributed by atoms with E-state index in [0.29, 0.717) is 0 Å². The van der Waals surface area contributed by atoms with Crippen LogP contribution in [0.4, 0.5) is 0 Å². The van der Waals surface area contributed by atoms with Crippen molar-refractivity contribution in [1.29, 1.82) is 0 Å². The van der Waals surface area contributed by atoms with Crippen LogP contribution in [0.3, 0.4) is 0 Å². The monoisotopic (exact) mass is 190 g/mol. The lowest BCUT2D eigenvalue weighted by Gasteiger charge is -2.12. The van der Waals surface area contributed by atoms with Crippen LogP contribution < -0.4 is 0 Å². The third kappa shape index (κ3) is 3.95. The normalized spacial score (nSPS) is 16.2. The zero-order valence-corrected chi connectivity index (χ0v) is 9.44. The fraction of sp³-hybridized carbons (Fsp3) is 0.571. The molecule has 0 aliphatic heterocycles. The van der Waals surface area contributed by atoms with E-state index >= 15 is 0 Å². The predicted octanol–water partition coefficient (Wildman–Crippen LogP) is 4.79. The Labute approximate surface area is 88.4 Å². The summed E-state index contributed by atoms with van der Waals surface area (Å²) >= 11 is 0. The summed E-state index contributed by atoms with van der Waals surface area (Å²) in [5.74, 6) is 0. The molecule has 0 saturated heterocycles. The largest absolute Gasteiger partial charge is 0.0959 e. The molecule has 0 aromatic carbocycles. The van der Waals surface area contributed by atoms with Crippen molar-refractivity contribution >= 4 is 0 Å². The minimum atomic E-state index is 1.12. The Morgan fingerprint density at radius 1 is 1.36 bits per heavy atom. The molecular weight excluding hydrogens is 168 g/mol. The lowest BCUT2D eigenvalue weighted by Crippen LogP contribution is -1.92. The van der Waals surface area contributed by atoms with E-state index in [9.17, 15) is 0 Å². The van der Waals surface area contributed by atoms with Crippen LogP contribution in [0, 0.1) is 0 Å². The Morgan fingerprint density at radius 2 is 2.14 bits per heavy atom. The summed E-state index contributed by atoms with van der Waals surface area (Å²) in [4.78, 5) is 0. The second-order valence-electron chi connectivity index (χ2n) is 4.35. The van der Waals surface area contributed by atoms with E-state index in [-0.39, 0.29) is 0 Å². The lowest BCUT2D eigenvalue weighted by molar-refractivity contribution is 0.659. The van der Waals surface area contributed by atoms with Gasteiger partial charge in [0.15, 0.2) is 0 Å². The Kier molecular flexibility index (Phi) is 4.72. The SMILES string of the molecule is C=C(C)C(=C)CCCC1=CCCCC1. The topological polar surface area (TPSA) is 0 Å². The average Bonchev–Trinajstić information content (AvgIpc) is 2.19. The minimum Gasteiger partial charge on any atom is -0.0959 e. The second-order valence-corrected chi connectivity index (χ2v) is 4.35. The third-order valence-electron chi connectivity index (χ3n) is 2.97. The van der Waals surface area contributed by atoms with E-state index < -0.39 is 0 Å². The van der Waals surface area contributed by atoms with E-state index in [1.54, 1.807) is 5.57 Å². The van der Waals surface area contributed by atoms with Gasteiger partial charge in [0.05, 0.1) is 0 Å². The molecule has 0 aromatic rings. The highest BCUT2D eigenvalue weighted by Gasteiger charge is 2.03. The van der Waals surface area contributed by atoms with Gasteiger partial charge in [0.2, 0.25) is 0 Å². The molecule has 0 nitrogen and oxygen atoms in total. The molecule has 1 aliphatic carbocycles. The second kappa shape index (κ2) is 5.85. The molecule has 0 aromatic heterocycles. The summed E-state index contributed by atoms with van der Waals surface area (Å²) in [6.45, 7) is 9.97. The van der Waals surface area contributed by atoms with Crippen LogP contribution in [-0.4, -0.2) is 0 Å². The number of allylic oxidation sites excluding steroid dienone is 4. The molecule has 1 rings (SSSR count). The molecule has 0 heteroatoms. The maximum absolute atomic E-state index is 4.02. The summed E-state index contributed by atoms with van der Waals surface area (Å²) in [7, 11) is 0. The average molecular weight is 190 g/mol. The van der Waals surface area contributed by atoms with Gasteiger partial charge in [0.25, 0.3) is 0 Å². The first-order valence-electron chi connectivity index (χ1n) is 5.71. The lowest BCUT2D eigenvalue weighted by atomic mass is 9.94. The molecule has 14 heavy (non-hydrogen) atoms. The van der Waals surface area contributed by atoms with Crippen LogP contribution in [0.1, 0.15) is 51.9 Å². The van der Waals surface area contributed by atoms with Crippen molar-refractivity contribution in [3.63, 3.8) is 0 Å². The number of hydrogen-bond donors (Lipinski definition) is 0. The Hall–Kier alpha value is -0.780.